The van der Waals surface area contributed by atoms with Crippen LogP contribution >= 0.6 is 12.6 Å². The van der Waals surface area contributed by atoms with Crippen LogP contribution in [0.4, 0.5) is 8.78 Å². The van der Waals surface area contributed by atoms with E-state index in [0.717, 1.165) is 13.0 Å². The molecule has 3 rings (SSSR count). The van der Waals surface area contributed by atoms with Gasteiger partial charge in [0, 0.05) is 30.3 Å². The smallest absolute Gasteiger partial charge is 0.264 e. The number of amides is 3. The maximum absolute atomic E-state index is 14.9. The molecule has 0 aliphatic heterocycles. The molecule has 4 N–H and O–H groups in total. The molecule has 0 aliphatic carbocycles. The molecule has 2 atom stereocenters. The molecule has 0 fully saturated rings. The van der Waals surface area contributed by atoms with Crippen LogP contribution in [-0.4, -0.2) is 55.7 Å². The average Bonchev–Trinajstić information content (AvgIpc) is 2.92. The first-order valence-corrected chi connectivity index (χ1v) is 14.5. The number of sulfonamides is 1. The van der Waals surface area contributed by atoms with Crippen LogP contribution in [0.25, 0.3) is 11.1 Å². The van der Waals surface area contributed by atoms with Crippen LogP contribution < -0.4 is 15.4 Å². The van der Waals surface area contributed by atoms with E-state index in [1.54, 1.807) is 22.9 Å². The Balaban J connectivity index is 1.57. The summed E-state index contributed by atoms with van der Waals surface area (Å²) in [5, 5.41) is 14.1. The van der Waals surface area contributed by atoms with Gasteiger partial charge in [0.25, 0.3) is 21.8 Å². The van der Waals surface area contributed by atoms with Crippen molar-refractivity contribution >= 4 is 40.4 Å². The Morgan fingerprint density at radius 3 is 2.32 bits per heavy atom. The summed E-state index contributed by atoms with van der Waals surface area (Å²) in [5.74, 6) is -3.57. The van der Waals surface area contributed by atoms with Crippen molar-refractivity contribution < 1.29 is 36.7 Å². The number of carbonyl (C=O) groups excluding carboxylic acids is 3. The number of aliphatic hydroxyl groups is 1. The first-order chi connectivity index (χ1) is 19.4. The molecule has 3 aromatic carbocycles. The van der Waals surface area contributed by atoms with Gasteiger partial charge >= 0.3 is 0 Å². The van der Waals surface area contributed by atoms with Gasteiger partial charge in [-0.05, 0) is 48.7 Å². The van der Waals surface area contributed by atoms with Gasteiger partial charge in [0.15, 0.2) is 0 Å². The summed E-state index contributed by atoms with van der Waals surface area (Å²) in [6.07, 6.45) is -1.34. The van der Waals surface area contributed by atoms with Crippen molar-refractivity contribution in [2.24, 2.45) is 0 Å². The minimum absolute atomic E-state index is 0.0680. The Kier molecular flexibility index (Phi) is 11.0. The van der Waals surface area contributed by atoms with Gasteiger partial charge in [-0.3, -0.25) is 14.4 Å². The fraction of sp³-hybridized carbons (Fsp3) is 0.250. The molecule has 0 bridgehead atoms. The molecule has 9 nitrogen and oxygen atoms in total. The van der Waals surface area contributed by atoms with Gasteiger partial charge in [0.2, 0.25) is 5.91 Å². The minimum Gasteiger partial charge on any atom is -0.384 e. The van der Waals surface area contributed by atoms with Gasteiger partial charge in [-0.1, -0.05) is 42.5 Å². The van der Waals surface area contributed by atoms with Gasteiger partial charge in [0.1, 0.15) is 17.7 Å². The summed E-state index contributed by atoms with van der Waals surface area (Å²) < 4.78 is 55.8. The van der Waals surface area contributed by atoms with Gasteiger partial charge in [-0.2, -0.15) is 12.6 Å². The summed E-state index contributed by atoms with van der Waals surface area (Å²) in [6.45, 7) is 1.21. The number of halogens is 2. The second-order valence-corrected chi connectivity index (χ2v) is 11.5. The zero-order valence-electron chi connectivity index (χ0n) is 21.9. The number of rotatable bonds is 12. The van der Waals surface area contributed by atoms with Crippen molar-refractivity contribution in [1.29, 1.82) is 0 Å². The fourth-order valence-electron chi connectivity index (χ4n) is 3.77. The van der Waals surface area contributed by atoms with Gasteiger partial charge < -0.3 is 15.7 Å². The maximum atomic E-state index is 14.9. The summed E-state index contributed by atoms with van der Waals surface area (Å²) in [7, 11) is -4.39. The lowest BCUT2D eigenvalue weighted by Gasteiger charge is -2.14. The molecule has 0 aliphatic rings. The number of hydrogen-bond donors (Lipinski definition) is 5. The third-order valence-electron chi connectivity index (χ3n) is 5.90. The second-order valence-electron chi connectivity index (χ2n) is 9.10. The largest absolute Gasteiger partial charge is 0.384 e. The van der Waals surface area contributed by atoms with Crippen molar-refractivity contribution in [3.8, 4) is 11.1 Å². The quantitative estimate of drug-likeness (QED) is 0.201. The van der Waals surface area contributed by atoms with E-state index in [1.165, 1.54) is 42.5 Å². The molecule has 0 spiro atoms. The van der Waals surface area contributed by atoms with Crippen molar-refractivity contribution in [2.75, 3.05) is 13.1 Å². The summed E-state index contributed by atoms with van der Waals surface area (Å²) in [5.41, 5.74) is 0.353. The molecule has 0 saturated carbocycles. The van der Waals surface area contributed by atoms with Crippen LogP contribution in [0.2, 0.25) is 0 Å². The number of thiol groups is 1. The van der Waals surface area contributed by atoms with E-state index < -0.39 is 33.8 Å². The van der Waals surface area contributed by atoms with E-state index in [2.05, 4.69) is 23.3 Å². The van der Waals surface area contributed by atoms with Crippen molar-refractivity contribution in [3.63, 3.8) is 0 Å². The van der Waals surface area contributed by atoms with Crippen LogP contribution in [0.3, 0.4) is 0 Å². The molecular formula is C28H29F2N3O6S2. The number of aliphatic hydroxyl groups excluding tert-OH is 1. The number of nitrogens with one attached hydrogen (secondary N) is 3. The summed E-state index contributed by atoms with van der Waals surface area (Å²) in [6, 6.07) is 15.3. The Morgan fingerprint density at radius 2 is 1.63 bits per heavy atom. The molecule has 0 saturated heterocycles. The Morgan fingerprint density at radius 1 is 0.951 bits per heavy atom. The van der Waals surface area contributed by atoms with Crippen molar-refractivity contribution in [1.82, 2.24) is 15.4 Å². The third kappa shape index (κ3) is 8.84. The first kappa shape index (κ1) is 31.7. The first-order valence-electron chi connectivity index (χ1n) is 12.5. The van der Waals surface area contributed by atoms with E-state index in [0.29, 0.717) is 12.0 Å². The standard InChI is InChI=1S/C28H29F2N3O6S2/c1-17(34)27(36)33-41(38,39)25-9-5-3-7-21(25)18-10-11-22(24(30)15-18)28(37)31-13-12-26(35)32-16-20(40)14-19-6-2-4-8-23(19)29/h2-11,15,17,20,34,40H,12-14,16H2,1H3,(H,31,37)(H,32,35)(H,33,36)/t17-,20+/m0/s1. The summed E-state index contributed by atoms with van der Waals surface area (Å²) in [4.78, 5) is 36.1. The predicted octanol–water partition coefficient (Wildman–Crippen LogP) is 2.59. The SMILES string of the molecule is C[C@H](O)C(=O)NS(=O)(=O)c1ccccc1-c1ccc(C(=O)NCCC(=O)NC[C@H](S)Cc2ccccc2F)c(F)c1. The number of hydrogen-bond acceptors (Lipinski definition) is 7. The molecule has 0 heterocycles. The van der Waals surface area contributed by atoms with Gasteiger partial charge in [-0.15, -0.1) is 0 Å². The van der Waals surface area contributed by atoms with E-state index in [9.17, 15) is 36.7 Å². The van der Waals surface area contributed by atoms with Gasteiger partial charge in [-0.25, -0.2) is 21.9 Å². The normalized spacial score (nSPS) is 12.7. The number of carbonyl (C=O) groups is 3. The van der Waals surface area contributed by atoms with Crippen LogP contribution in [0.15, 0.2) is 71.6 Å². The van der Waals surface area contributed by atoms with Crippen LogP contribution in [0.5, 0.6) is 0 Å². The molecule has 0 aromatic heterocycles. The molecule has 3 aromatic rings. The highest BCUT2D eigenvalue weighted by molar-refractivity contribution is 7.90. The Bertz CT molecular complexity index is 1530. The molecular weight excluding hydrogens is 576 g/mol. The number of benzene rings is 3. The zero-order valence-corrected chi connectivity index (χ0v) is 23.6. The van der Waals surface area contributed by atoms with E-state index in [-0.39, 0.29) is 58.1 Å². The monoisotopic (exact) mass is 605 g/mol. The van der Waals surface area contributed by atoms with Gasteiger partial charge in [0.05, 0.1) is 10.5 Å². The lowest BCUT2D eigenvalue weighted by molar-refractivity contribution is -0.126. The minimum atomic E-state index is -4.39. The highest BCUT2D eigenvalue weighted by atomic mass is 32.2. The van der Waals surface area contributed by atoms with E-state index in [1.807, 2.05) is 0 Å². The lowest BCUT2D eigenvalue weighted by Crippen LogP contribution is -2.37. The Labute approximate surface area is 241 Å². The molecule has 0 radical (unpaired) electrons. The lowest BCUT2D eigenvalue weighted by atomic mass is 10.0. The third-order valence-corrected chi connectivity index (χ3v) is 7.67. The van der Waals surface area contributed by atoms with Crippen molar-refractivity contribution in [2.45, 2.75) is 36.0 Å². The van der Waals surface area contributed by atoms with E-state index >= 15 is 0 Å². The second kappa shape index (κ2) is 14.2. The topological polar surface area (TPSA) is 142 Å². The Hall–Kier alpha value is -3.81. The summed E-state index contributed by atoms with van der Waals surface area (Å²) >= 11 is 4.37. The fourth-order valence-corrected chi connectivity index (χ4v) is 5.34. The van der Waals surface area contributed by atoms with Crippen LogP contribution in [-0.2, 0) is 26.0 Å². The van der Waals surface area contributed by atoms with E-state index in [4.69, 9.17) is 0 Å². The zero-order chi connectivity index (χ0) is 30.2. The molecule has 3 amide bonds. The maximum Gasteiger partial charge on any atom is 0.264 e. The van der Waals surface area contributed by atoms with Crippen LogP contribution in [0.1, 0.15) is 29.3 Å². The average molecular weight is 606 g/mol. The molecule has 13 heteroatoms. The molecule has 41 heavy (non-hydrogen) atoms. The molecule has 0 unspecified atom stereocenters. The highest BCUT2D eigenvalue weighted by Crippen LogP contribution is 2.28. The van der Waals surface area contributed by atoms with Crippen LogP contribution in [0, 0.1) is 11.6 Å². The van der Waals surface area contributed by atoms with Crippen molar-refractivity contribution in [3.05, 3.63) is 89.5 Å². The predicted molar refractivity (Wildman–Crippen MR) is 152 cm³/mol. The molecule has 218 valence electrons. The highest BCUT2D eigenvalue weighted by Gasteiger charge is 2.24.